The quantitative estimate of drug-likeness (QED) is 0.919. The summed E-state index contributed by atoms with van der Waals surface area (Å²) in [5.41, 5.74) is 1.54. The third kappa shape index (κ3) is 3.31. The molecule has 18 heavy (non-hydrogen) atoms. The van der Waals surface area contributed by atoms with Crippen LogP contribution in [-0.4, -0.2) is 10.9 Å². The van der Waals surface area contributed by atoms with E-state index in [0.29, 0.717) is 21.6 Å². The first kappa shape index (κ1) is 13.5. The van der Waals surface area contributed by atoms with E-state index in [0.717, 1.165) is 10.7 Å². The highest BCUT2D eigenvalue weighted by atomic mass is 79.9. The molecule has 0 unspecified atom stereocenters. The highest BCUT2D eigenvalue weighted by molar-refractivity contribution is 9.10. The Morgan fingerprint density at radius 3 is 2.94 bits per heavy atom. The van der Waals surface area contributed by atoms with Crippen LogP contribution in [0.5, 0.6) is 0 Å². The molecule has 0 radical (unpaired) electrons. The van der Waals surface area contributed by atoms with Gasteiger partial charge in [0.15, 0.2) is 0 Å². The third-order valence-electron chi connectivity index (χ3n) is 2.25. The van der Waals surface area contributed by atoms with Crippen LogP contribution in [0, 0.1) is 6.92 Å². The molecular formula is C12H10BrClN2OS. The van der Waals surface area contributed by atoms with Gasteiger partial charge in [-0.15, -0.1) is 11.3 Å². The molecule has 0 bridgehead atoms. The lowest BCUT2D eigenvalue weighted by atomic mass is 10.2. The Hall–Kier alpha value is -0.910. The van der Waals surface area contributed by atoms with Crippen molar-refractivity contribution in [3.63, 3.8) is 0 Å². The molecule has 1 heterocycles. The highest BCUT2D eigenvalue weighted by Crippen LogP contribution is 2.23. The minimum Gasteiger partial charge on any atom is -0.346 e. The molecule has 94 valence electrons. The zero-order valence-electron chi connectivity index (χ0n) is 9.54. The summed E-state index contributed by atoms with van der Waals surface area (Å²) >= 11 is 10.7. The third-order valence-corrected chi connectivity index (χ3v) is 4.43. The van der Waals surface area contributed by atoms with Crippen molar-refractivity contribution in [2.24, 2.45) is 0 Å². The largest absolute Gasteiger partial charge is 0.346 e. The maximum absolute atomic E-state index is 11.9. The van der Waals surface area contributed by atoms with Gasteiger partial charge in [0.1, 0.15) is 5.01 Å². The van der Waals surface area contributed by atoms with Crippen LogP contribution in [0.3, 0.4) is 0 Å². The Morgan fingerprint density at radius 2 is 2.33 bits per heavy atom. The molecule has 0 aliphatic heterocycles. The van der Waals surface area contributed by atoms with Gasteiger partial charge in [-0.3, -0.25) is 4.79 Å². The average Bonchev–Trinajstić information content (AvgIpc) is 2.75. The first-order valence-electron chi connectivity index (χ1n) is 5.20. The summed E-state index contributed by atoms with van der Waals surface area (Å²) in [5.74, 6) is -0.139. The van der Waals surface area contributed by atoms with E-state index in [1.807, 2.05) is 12.3 Å². The standard InChI is InChI=1S/C12H10BrClN2OS/c1-7-6-18-11(16-7)5-15-12(17)8-2-3-10(14)9(13)4-8/h2-4,6H,5H2,1H3,(H,15,17). The van der Waals surface area contributed by atoms with Gasteiger partial charge in [-0.1, -0.05) is 11.6 Å². The minimum absolute atomic E-state index is 0.139. The van der Waals surface area contributed by atoms with E-state index in [1.165, 1.54) is 11.3 Å². The molecule has 0 saturated heterocycles. The summed E-state index contributed by atoms with van der Waals surface area (Å²) in [6, 6.07) is 5.08. The summed E-state index contributed by atoms with van der Waals surface area (Å²) in [7, 11) is 0. The SMILES string of the molecule is Cc1csc(CNC(=O)c2ccc(Cl)c(Br)c2)n1. The van der Waals surface area contributed by atoms with E-state index in [4.69, 9.17) is 11.6 Å². The number of nitrogens with zero attached hydrogens (tertiary/aromatic N) is 1. The second-order valence-corrected chi connectivity index (χ2v) is 5.90. The number of thiazole rings is 1. The van der Waals surface area contributed by atoms with E-state index in [-0.39, 0.29) is 5.91 Å². The van der Waals surface area contributed by atoms with E-state index >= 15 is 0 Å². The number of amides is 1. The number of aryl methyl sites for hydroxylation is 1. The molecule has 1 amide bonds. The fraction of sp³-hybridized carbons (Fsp3) is 0.167. The number of aromatic nitrogens is 1. The lowest BCUT2D eigenvalue weighted by molar-refractivity contribution is 0.0951. The van der Waals surface area contributed by atoms with E-state index in [2.05, 4.69) is 26.2 Å². The Bertz CT molecular complexity index is 585. The molecule has 1 aromatic heterocycles. The zero-order chi connectivity index (χ0) is 13.1. The molecular weight excluding hydrogens is 336 g/mol. The summed E-state index contributed by atoms with van der Waals surface area (Å²) in [5, 5.41) is 6.26. The highest BCUT2D eigenvalue weighted by Gasteiger charge is 2.08. The van der Waals surface area contributed by atoms with Gasteiger partial charge in [0.05, 0.1) is 11.6 Å². The second kappa shape index (κ2) is 5.82. The van der Waals surface area contributed by atoms with Gasteiger partial charge in [0, 0.05) is 21.1 Å². The Kier molecular flexibility index (Phi) is 4.37. The summed E-state index contributed by atoms with van der Waals surface area (Å²) in [6.45, 7) is 2.37. The predicted molar refractivity (Wildman–Crippen MR) is 77.2 cm³/mol. The minimum atomic E-state index is -0.139. The van der Waals surface area contributed by atoms with Crippen LogP contribution in [0.25, 0.3) is 0 Å². The molecule has 3 nitrogen and oxygen atoms in total. The van der Waals surface area contributed by atoms with Crippen LogP contribution in [0.4, 0.5) is 0 Å². The van der Waals surface area contributed by atoms with Crippen LogP contribution < -0.4 is 5.32 Å². The van der Waals surface area contributed by atoms with Crippen LogP contribution >= 0.6 is 38.9 Å². The zero-order valence-corrected chi connectivity index (χ0v) is 12.7. The maximum atomic E-state index is 11.9. The normalized spacial score (nSPS) is 10.4. The van der Waals surface area contributed by atoms with Crippen molar-refractivity contribution in [1.29, 1.82) is 0 Å². The molecule has 0 aliphatic rings. The fourth-order valence-corrected chi connectivity index (χ4v) is 2.59. The molecule has 2 aromatic rings. The fourth-order valence-electron chi connectivity index (χ4n) is 1.38. The first-order chi connectivity index (χ1) is 8.56. The Balaban J connectivity index is 2.01. The van der Waals surface area contributed by atoms with Crippen molar-refractivity contribution >= 4 is 44.8 Å². The van der Waals surface area contributed by atoms with Gasteiger partial charge in [-0.2, -0.15) is 0 Å². The number of halogens is 2. The lowest BCUT2D eigenvalue weighted by Crippen LogP contribution is -2.22. The van der Waals surface area contributed by atoms with Crippen molar-refractivity contribution in [3.8, 4) is 0 Å². The number of hydrogen-bond donors (Lipinski definition) is 1. The van der Waals surface area contributed by atoms with Crippen molar-refractivity contribution in [3.05, 3.63) is 49.3 Å². The predicted octanol–water partition coefficient (Wildman–Crippen LogP) is 3.80. The Morgan fingerprint density at radius 1 is 1.56 bits per heavy atom. The summed E-state index contributed by atoms with van der Waals surface area (Å²) in [6.07, 6.45) is 0. The van der Waals surface area contributed by atoms with Gasteiger partial charge in [0.2, 0.25) is 0 Å². The molecule has 1 aromatic carbocycles. The molecule has 0 saturated carbocycles. The van der Waals surface area contributed by atoms with E-state index in [9.17, 15) is 4.79 Å². The molecule has 0 atom stereocenters. The number of rotatable bonds is 3. The van der Waals surface area contributed by atoms with Crippen LogP contribution in [-0.2, 0) is 6.54 Å². The van der Waals surface area contributed by atoms with Gasteiger partial charge >= 0.3 is 0 Å². The topological polar surface area (TPSA) is 42.0 Å². The number of benzene rings is 1. The summed E-state index contributed by atoms with van der Waals surface area (Å²) < 4.78 is 0.710. The van der Waals surface area contributed by atoms with Crippen molar-refractivity contribution in [1.82, 2.24) is 10.3 Å². The number of hydrogen-bond acceptors (Lipinski definition) is 3. The maximum Gasteiger partial charge on any atom is 0.251 e. The van der Waals surface area contributed by atoms with Crippen LogP contribution in [0.15, 0.2) is 28.1 Å². The van der Waals surface area contributed by atoms with Gasteiger partial charge in [-0.05, 0) is 41.1 Å². The molecule has 0 fully saturated rings. The summed E-state index contributed by atoms with van der Waals surface area (Å²) in [4.78, 5) is 16.2. The molecule has 1 N–H and O–H groups in total. The molecule has 0 aliphatic carbocycles. The van der Waals surface area contributed by atoms with Crippen LogP contribution in [0.2, 0.25) is 5.02 Å². The van der Waals surface area contributed by atoms with Crippen LogP contribution in [0.1, 0.15) is 21.1 Å². The van der Waals surface area contributed by atoms with Gasteiger partial charge in [-0.25, -0.2) is 4.98 Å². The lowest BCUT2D eigenvalue weighted by Gasteiger charge is -2.04. The Labute approximate surface area is 122 Å². The smallest absolute Gasteiger partial charge is 0.251 e. The second-order valence-electron chi connectivity index (χ2n) is 3.69. The van der Waals surface area contributed by atoms with E-state index in [1.54, 1.807) is 18.2 Å². The number of nitrogens with one attached hydrogen (secondary N) is 1. The first-order valence-corrected chi connectivity index (χ1v) is 7.25. The molecule has 6 heteroatoms. The van der Waals surface area contributed by atoms with Crippen molar-refractivity contribution in [2.45, 2.75) is 13.5 Å². The molecule has 2 rings (SSSR count). The average molecular weight is 346 g/mol. The van der Waals surface area contributed by atoms with E-state index < -0.39 is 0 Å². The van der Waals surface area contributed by atoms with Gasteiger partial charge in [0.25, 0.3) is 5.91 Å². The van der Waals surface area contributed by atoms with Crippen molar-refractivity contribution in [2.75, 3.05) is 0 Å². The number of carbonyl (C=O) groups is 1. The number of carbonyl (C=O) groups excluding carboxylic acids is 1. The van der Waals surface area contributed by atoms with Crippen molar-refractivity contribution < 1.29 is 4.79 Å². The van der Waals surface area contributed by atoms with Gasteiger partial charge < -0.3 is 5.32 Å². The monoisotopic (exact) mass is 344 g/mol. The molecule has 0 spiro atoms.